The first-order chi connectivity index (χ1) is 17.4. The van der Waals surface area contributed by atoms with Crippen LogP contribution in [0.2, 0.25) is 0 Å². The second kappa shape index (κ2) is 9.86. The molecule has 0 bridgehead atoms. The molecule has 2 unspecified atom stereocenters. The SMILES string of the molecule is O=C(NC1CCN(CCN2CC3CC3C2)CC1)c1ncc2nc(NCC(F)(F)F)cc(C(F)(F)F)c2n1. The van der Waals surface area contributed by atoms with E-state index in [2.05, 4.69) is 30.1 Å². The molecule has 3 fully saturated rings. The molecule has 2 saturated heterocycles. The lowest BCUT2D eigenvalue weighted by Crippen LogP contribution is -2.46. The summed E-state index contributed by atoms with van der Waals surface area (Å²) in [7, 11) is 0. The standard InChI is InChI=1S/C23H27F6N7O/c24-22(25,26)12-31-18-8-16(23(27,28)29)19-17(33-18)9-30-20(34-19)21(37)32-15-1-3-35(4-2-15)5-6-36-10-13-7-14(13)11-36/h8-9,13-15H,1-7,10-12H2,(H,31,33)(H,32,37). The second-order valence-electron chi connectivity index (χ2n) is 10.1. The molecule has 1 amide bonds. The number of nitrogens with zero attached hydrogens (tertiary/aromatic N) is 5. The molecule has 0 spiro atoms. The van der Waals surface area contributed by atoms with Crippen molar-refractivity contribution in [3.8, 4) is 0 Å². The van der Waals surface area contributed by atoms with Crippen LogP contribution in [0.25, 0.3) is 11.0 Å². The van der Waals surface area contributed by atoms with Crippen LogP contribution >= 0.6 is 0 Å². The third-order valence-corrected chi connectivity index (χ3v) is 7.23. The van der Waals surface area contributed by atoms with Gasteiger partial charge in [0, 0.05) is 45.3 Å². The molecule has 5 rings (SSSR count). The number of pyridine rings is 1. The van der Waals surface area contributed by atoms with Crippen LogP contribution in [0.4, 0.5) is 32.2 Å². The van der Waals surface area contributed by atoms with Gasteiger partial charge in [-0.2, -0.15) is 26.3 Å². The zero-order valence-electron chi connectivity index (χ0n) is 19.9. The van der Waals surface area contributed by atoms with Crippen LogP contribution < -0.4 is 10.6 Å². The number of aromatic nitrogens is 3. The van der Waals surface area contributed by atoms with Gasteiger partial charge in [0.15, 0.2) is 0 Å². The Bertz CT molecular complexity index is 1140. The van der Waals surface area contributed by atoms with E-state index in [0.717, 1.165) is 44.2 Å². The molecule has 2 aliphatic heterocycles. The Labute approximate surface area is 208 Å². The third kappa shape index (κ3) is 6.40. The predicted octanol–water partition coefficient (Wildman–Crippen LogP) is 3.16. The van der Waals surface area contributed by atoms with Crippen LogP contribution in [0.1, 0.15) is 35.4 Å². The van der Waals surface area contributed by atoms with Gasteiger partial charge in [-0.3, -0.25) is 4.79 Å². The van der Waals surface area contributed by atoms with Crippen LogP contribution in [0.5, 0.6) is 0 Å². The topological polar surface area (TPSA) is 86.3 Å². The Hall–Kier alpha value is -2.74. The first-order valence-electron chi connectivity index (χ1n) is 12.3. The lowest BCUT2D eigenvalue weighted by atomic mass is 10.0. The van der Waals surface area contributed by atoms with Crippen LogP contribution in [0.3, 0.4) is 0 Å². The lowest BCUT2D eigenvalue weighted by molar-refractivity contribution is -0.136. The van der Waals surface area contributed by atoms with Gasteiger partial charge in [0.05, 0.1) is 11.8 Å². The first kappa shape index (κ1) is 25.9. The quantitative estimate of drug-likeness (QED) is 0.531. The largest absolute Gasteiger partial charge is 0.418 e. The first-order valence-corrected chi connectivity index (χ1v) is 12.3. The van der Waals surface area contributed by atoms with Crippen molar-refractivity contribution in [2.24, 2.45) is 11.8 Å². The smallest absolute Gasteiger partial charge is 0.361 e. The predicted molar refractivity (Wildman–Crippen MR) is 122 cm³/mol. The van der Waals surface area contributed by atoms with E-state index < -0.39 is 47.5 Å². The number of fused-ring (bicyclic) bond motifs is 2. The van der Waals surface area contributed by atoms with E-state index in [1.165, 1.54) is 19.5 Å². The van der Waals surface area contributed by atoms with Gasteiger partial charge >= 0.3 is 12.4 Å². The van der Waals surface area contributed by atoms with E-state index in [0.29, 0.717) is 18.9 Å². The lowest BCUT2D eigenvalue weighted by Gasteiger charge is -2.33. The van der Waals surface area contributed by atoms with Gasteiger partial charge in [-0.15, -0.1) is 0 Å². The number of alkyl halides is 6. The molecule has 2 aromatic heterocycles. The summed E-state index contributed by atoms with van der Waals surface area (Å²) in [5.41, 5.74) is -2.33. The van der Waals surface area contributed by atoms with Gasteiger partial charge in [0.25, 0.3) is 5.91 Å². The molecule has 14 heteroatoms. The van der Waals surface area contributed by atoms with Crippen molar-refractivity contribution >= 4 is 22.8 Å². The Balaban J connectivity index is 1.20. The highest BCUT2D eigenvalue weighted by molar-refractivity contribution is 5.93. The van der Waals surface area contributed by atoms with Crippen molar-refractivity contribution in [1.29, 1.82) is 0 Å². The molecular weight excluding hydrogens is 504 g/mol. The van der Waals surface area contributed by atoms with Gasteiger partial charge in [0.1, 0.15) is 23.4 Å². The zero-order valence-corrected chi connectivity index (χ0v) is 19.9. The maximum atomic E-state index is 13.7. The summed E-state index contributed by atoms with van der Waals surface area (Å²) in [4.78, 5) is 28.9. The summed E-state index contributed by atoms with van der Waals surface area (Å²) in [6, 6.07) is 0.292. The van der Waals surface area contributed by atoms with E-state index in [-0.39, 0.29) is 11.6 Å². The van der Waals surface area contributed by atoms with Crippen LogP contribution in [-0.2, 0) is 6.18 Å². The fourth-order valence-electron chi connectivity index (χ4n) is 5.14. The number of anilines is 1. The van der Waals surface area contributed by atoms with E-state index in [1.54, 1.807) is 0 Å². The van der Waals surface area contributed by atoms with Crippen molar-refractivity contribution < 1.29 is 31.1 Å². The van der Waals surface area contributed by atoms with Gasteiger partial charge in [-0.05, 0) is 37.2 Å². The third-order valence-electron chi connectivity index (χ3n) is 7.23. The van der Waals surface area contributed by atoms with Crippen LogP contribution in [-0.4, -0.2) is 88.7 Å². The molecule has 0 radical (unpaired) electrons. The molecule has 2 atom stereocenters. The van der Waals surface area contributed by atoms with Gasteiger partial charge in [0.2, 0.25) is 5.82 Å². The number of hydrogen-bond acceptors (Lipinski definition) is 7. The maximum Gasteiger partial charge on any atom is 0.418 e. The minimum absolute atomic E-state index is 0.156. The Kier molecular flexibility index (Phi) is 6.90. The summed E-state index contributed by atoms with van der Waals surface area (Å²) in [5, 5.41) is 4.63. The number of piperidine rings is 2. The fraction of sp³-hybridized carbons (Fsp3) is 0.652. The summed E-state index contributed by atoms with van der Waals surface area (Å²) in [6.45, 7) is 4.46. The maximum absolute atomic E-state index is 13.7. The van der Waals surface area contributed by atoms with E-state index in [1.807, 2.05) is 5.32 Å². The number of likely N-dealkylation sites (tertiary alicyclic amines) is 2. The number of carbonyl (C=O) groups excluding carboxylic acids is 1. The number of rotatable bonds is 7. The highest BCUT2D eigenvalue weighted by Crippen LogP contribution is 2.44. The van der Waals surface area contributed by atoms with Gasteiger partial charge in [-0.25, -0.2) is 15.0 Å². The Morgan fingerprint density at radius 2 is 1.68 bits per heavy atom. The number of carbonyl (C=O) groups is 1. The number of nitrogens with one attached hydrogen (secondary N) is 2. The summed E-state index contributed by atoms with van der Waals surface area (Å²) >= 11 is 0. The van der Waals surface area contributed by atoms with E-state index in [4.69, 9.17) is 0 Å². The number of amides is 1. The number of hydrogen-bond donors (Lipinski definition) is 2. The van der Waals surface area contributed by atoms with Crippen molar-refractivity contribution in [2.45, 2.75) is 37.7 Å². The molecule has 2 N–H and O–H groups in total. The minimum atomic E-state index is -4.93. The molecule has 1 saturated carbocycles. The molecule has 3 aliphatic rings. The number of halogens is 6. The Morgan fingerprint density at radius 1 is 1.00 bits per heavy atom. The molecule has 0 aromatic carbocycles. The summed E-state index contributed by atoms with van der Waals surface area (Å²) < 4.78 is 78.4. The van der Waals surface area contributed by atoms with Crippen molar-refractivity contribution in [1.82, 2.24) is 30.1 Å². The normalized spacial score (nSPS) is 23.3. The second-order valence-corrected chi connectivity index (χ2v) is 10.1. The average molecular weight is 532 g/mol. The monoisotopic (exact) mass is 531 g/mol. The molecular formula is C23H27F6N7O. The Morgan fingerprint density at radius 3 is 2.32 bits per heavy atom. The minimum Gasteiger partial charge on any atom is -0.361 e. The fourth-order valence-corrected chi connectivity index (χ4v) is 5.14. The average Bonchev–Trinajstić information content (AvgIpc) is 3.45. The molecule has 37 heavy (non-hydrogen) atoms. The van der Waals surface area contributed by atoms with E-state index >= 15 is 0 Å². The van der Waals surface area contributed by atoms with Crippen molar-refractivity contribution in [3.63, 3.8) is 0 Å². The van der Waals surface area contributed by atoms with Crippen molar-refractivity contribution in [3.05, 3.63) is 23.7 Å². The van der Waals surface area contributed by atoms with Crippen LogP contribution in [0.15, 0.2) is 12.3 Å². The molecule has 4 heterocycles. The molecule has 1 aliphatic carbocycles. The highest BCUT2D eigenvalue weighted by Gasteiger charge is 2.44. The zero-order chi connectivity index (χ0) is 26.4. The van der Waals surface area contributed by atoms with E-state index in [9.17, 15) is 31.1 Å². The van der Waals surface area contributed by atoms with Gasteiger partial charge in [-0.1, -0.05) is 0 Å². The summed E-state index contributed by atoms with van der Waals surface area (Å²) in [5.74, 6) is 0.0184. The highest BCUT2D eigenvalue weighted by atomic mass is 19.4. The van der Waals surface area contributed by atoms with Crippen molar-refractivity contribution in [2.75, 3.05) is 51.1 Å². The molecule has 8 nitrogen and oxygen atoms in total. The van der Waals surface area contributed by atoms with Gasteiger partial charge < -0.3 is 20.4 Å². The molecule has 202 valence electrons. The summed E-state index contributed by atoms with van der Waals surface area (Å²) in [6.07, 6.45) is -5.88. The van der Waals surface area contributed by atoms with Crippen LogP contribution in [0, 0.1) is 11.8 Å². The molecule has 2 aromatic rings.